The number of aliphatic carboxylic acids is 1. The molecular weight excluding hydrogens is 260 g/mol. The van der Waals surface area contributed by atoms with Gasteiger partial charge in [0.05, 0.1) is 5.39 Å². The fourth-order valence-electron chi connectivity index (χ4n) is 1.34. The highest BCUT2D eigenvalue weighted by Crippen LogP contribution is 2.24. The Morgan fingerprint density at radius 2 is 2.47 bits per heavy atom. The van der Waals surface area contributed by atoms with Crippen LogP contribution < -0.4 is 5.56 Å². The van der Waals surface area contributed by atoms with Crippen LogP contribution in [-0.4, -0.2) is 26.3 Å². The largest absolute Gasteiger partial charge is 0.480 e. The number of thioether (sulfide) groups is 1. The summed E-state index contributed by atoms with van der Waals surface area (Å²) in [5.74, 6) is -0.897. The van der Waals surface area contributed by atoms with Gasteiger partial charge in [0, 0.05) is 0 Å². The molecule has 2 aromatic heterocycles. The van der Waals surface area contributed by atoms with E-state index in [0.29, 0.717) is 21.8 Å². The van der Waals surface area contributed by atoms with Crippen molar-refractivity contribution in [1.29, 1.82) is 0 Å². The molecule has 5 nitrogen and oxygen atoms in total. The number of aromatic amines is 1. The van der Waals surface area contributed by atoms with E-state index in [1.54, 1.807) is 18.4 Å². The highest BCUT2D eigenvalue weighted by Gasteiger charge is 2.18. The number of hydrogen-bond donors (Lipinski definition) is 2. The van der Waals surface area contributed by atoms with Gasteiger partial charge in [-0.05, 0) is 17.9 Å². The van der Waals surface area contributed by atoms with Crippen LogP contribution in [0.25, 0.3) is 10.2 Å². The van der Waals surface area contributed by atoms with Gasteiger partial charge in [-0.15, -0.1) is 11.3 Å². The molecule has 2 N–H and O–H groups in total. The van der Waals surface area contributed by atoms with Crippen molar-refractivity contribution in [3.05, 3.63) is 21.8 Å². The molecule has 2 heterocycles. The quantitative estimate of drug-likeness (QED) is 0.655. The first-order valence-corrected chi connectivity index (χ1v) is 6.74. The Kier molecular flexibility index (Phi) is 3.49. The van der Waals surface area contributed by atoms with Crippen LogP contribution in [0, 0.1) is 0 Å². The van der Waals surface area contributed by atoms with Crippen molar-refractivity contribution in [2.24, 2.45) is 0 Å². The van der Waals surface area contributed by atoms with E-state index in [-0.39, 0.29) is 5.56 Å². The zero-order chi connectivity index (χ0) is 12.4. The van der Waals surface area contributed by atoms with Crippen LogP contribution in [0.5, 0.6) is 0 Å². The van der Waals surface area contributed by atoms with E-state index in [1.807, 2.05) is 0 Å². The lowest BCUT2D eigenvalue weighted by molar-refractivity contribution is -0.136. The average Bonchev–Trinajstić information content (AvgIpc) is 2.74. The molecular formula is C10H10N2O3S2. The number of carboxylic acids is 1. The third-order valence-corrected chi connectivity index (χ3v) is 4.26. The summed E-state index contributed by atoms with van der Waals surface area (Å²) in [6, 6.07) is 1.70. The average molecular weight is 270 g/mol. The molecule has 1 unspecified atom stereocenters. The highest BCUT2D eigenvalue weighted by atomic mass is 32.2. The molecule has 2 aromatic rings. The molecule has 0 bridgehead atoms. The minimum atomic E-state index is -0.897. The summed E-state index contributed by atoms with van der Waals surface area (Å²) in [6.07, 6.45) is 0.478. The van der Waals surface area contributed by atoms with E-state index in [9.17, 15) is 9.59 Å². The molecule has 7 heteroatoms. The van der Waals surface area contributed by atoms with Gasteiger partial charge < -0.3 is 10.1 Å². The molecule has 0 radical (unpaired) electrons. The van der Waals surface area contributed by atoms with E-state index < -0.39 is 11.2 Å². The van der Waals surface area contributed by atoms with Crippen LogP contribution in [-0.2, 0) is 4.79 Å². The van der Waals surface area contributed by atoms with Gasteiger partial charge in [-0.1, -0.05) is 18.7 Å². The van der Waals surface area contributed by atoms with E-state index >= 15 is 0 Å². The minimum Gasteiger partial charge on any atom is -0.480 e. The number of nitrogens with zero attached hydrogens (tertiary/aromatic N) is 1. The molecule has 0 aromatic carbocycles. The Morgan fingerprint density at radius 3 is 3.12 bits per heavy atom. The molecule has 0 aliphatic heterocycles. The maximum atomic E-state index is 11.7. The molecule has 1 atom stereocenters. The molecule has 0 aliphatic rings. The van der Waals surface area contributed by atoms with Crippen LogP contribution in [0.3, 0.4) is 0 Å². The normalized spacial score (nSPS) is 12.8. The fraction of sp³-hybridized carbons (Fsp3) is 0.300. The lowest BCUT2D eigenvalue weighted by Crippen LogP contribution is -2.17. The Balaban J connectivity index is 2.36. The van der Waals surface area contributed by atoms with Gasteiger partial charge >= 0.3 is 5.97 Å². The van der Waals surface area contributed by atoms with Gasteiger partial charge in [0.15, 0.2) is 5.16 Å². The molecule has 17 heavy (non-hydrogen) atoms. The van der Waals surface area contributed by atoms with Crippen LogP contribution in [0.15, 0.2) is 21.4 Å². The van der Waals surface area contributed by atoms with E-state index in [0.717, 1.165) is 11.8 Å². The molecule has 0 fully saturated rings. The topological polar surface area (TPSA) is 83.0 Å². The van der Waals surface area contributed by atoms with Gasteiger partial charge in [0.2, 0.25) is 0 Å². The Hall–Kier alpha value is -1.34. The summed E-state index contributed by atoms with van der Waals surface area (Å²) in [7, 11) is 0. The zero-order valence-corrected chi connectivity index (χ0v) is 10.6. The number of rotatable bonds is 4. The molecule has 0 amide bonds. The lowest BCUT2D eigenvalue weighted by atomic mass is 10.3. The SMILES string of the molecule is CCC(Sc1nc2sccc2c(=O)[nH]1)C(=O)O. The summed E-state index contributed by atoms with van der Waals surface area (Å²) in [6.45, 7) is 1.79. The zero-order valence-electron chi connectivity index (χ0n) is 8.97. The monoisotopic (exact) mass is 270 g/mol. The predicted molar refractivity (Wildman–Crippen MR) is 67.8 cm³/mol. The van der Waals surface area contributed by atoms with Gasteiger partial charge in [-0.25, -0.2) is 4.98 Å². The summed E-state index contributed by atoms with van der Waals surface area (Å²) < 4.78 is 0. The minimum absolute atomic E-state index is 0.223. The van der Waals surface area contributed by atoms with Gasteiger partial charge in [0.25, 0.3) is 5.56 Å². The van der Waals surface area contributed by atoms with E-state index in [4.69, 9.17) is 5.11 Å². The first-order valence-electron chi connectivity index (χ1n) is 4.98. The maximum absolute atomic E-state index is 11.7. The molecule has 0 saturated heterocycles. The standard InChI is InChI=1S/C10H10N2O3S2/c1-2-6(9(14)15)17-10-11-7(13)5-3-4-16-8(5)12-10/h3-4,6H,2H2,1H3,(H,14,15)(H,11,12,13). The predicted octanol–water partition coefficient (Wildman–Crippen LogP) is 1.94. The summed E-state index contributed by atoms with van der Waals surface area (Å²) in [5.41, 5.74) is -0.223. The lowest BCUT2D eigenvalue weighted by Gasteiger charge is -2.07. The number of fused-ring (bicyclic) bond motifs is 1. The molecule has 0 saturated carbocycles. The van der Waals surface area contributed by atoms with Crippen molar-refractivity contribution in [3.63, 3.8) is 0 Å². The molecule has 2 rings (SSSR count). The third kappa shape index (κ3) is 2.50. The van der Waals surface area contributed by atoms with Crippen LogP contribution >= 0.6 is 23.1 Å². The van der Waals surface area contributed by atoms with Crippen molar-refractivity contribution in [3.8, 4) is 0 Å². The number of carbonyl (C=O) groups is 1. The Morgan fingerprint density at radius 1 is 1.71 bits per heavy atom. The van der Waals surface area contributed by atoms with Crippen molar-refractivity contribution in [2.75, 3.05) is 0 Å². The molecule has 90 valence electrons. The third-order valence-electron chi connectivity index (χ3n) is 2.21. The van der Waals surface area contributed by atoms with E-state index in [1.165, 1.54) is 11.3 Å². The number of hydrogen-bond acceptors (Lipinski definition) is 5. The first kappa shape index (κ1) is 12.1. The van der Waals surface area contributed by atoms with Crippen molar-refractivity contribution >= 4 is 39.3 Å². The summed E-state index contributed by atoms with van der Waals surface area (Å²) >= 11 is 2.44. The second-order valence-electron chi connectivity index (χ2n) is 3.36. The molecule has 0 aliphatic carbocycles. The van der Waals surface area contributed by atoms with Gasteiger partial charge in [-0.3, -0.25) is 9.59 Å². The molecule has 0 spiro atoms. The highest BCUT2D eigenvalue weighted by molar-refractivity contribution is 8.00. The Labute approximate surface area is 105 Å². The number of H-pyrrole nitrogens is 1. The number of thiophene rings is 1. The van der Waals surface area contributed by atoms with Crippen molar-refractivity contribution in [1.82, 2.24) is 9.97 Å². The number of carboxylic acid groups (broad SMARTS) is 1. The smallest absolute Gasteiger partial charge is 0.317 e. The number of aromatic nitrogens is 2. The van der Waals surface area contributed by atoms with Gasteiger partial charge in [-0.2, -0.15) is 0 Å². The van der Waals surface area contributed by atoms with Crippen molar-refractivity contribution in [2.45, 2.75) is 23.8 Å². The number of nitrogens with one attached hydrogen (secondary N) is 1. The van der Waals surface area contributed by atoms with Crippen LogP contribution in [0.2, 0.25) is 0 Å². The van der Waals surface area contributed by atoms with E-state index in [2.05, 4.69) is 9.97 Å². The second kappa shape index (κ2) is 4.89. The van der Waals surface area contributed by atoms with Crippen molar-refractivity contribution < 1.29 is 9.90 Å². The Bertz CT molecular complexity index is 605. The van der Waals surface area contributed by atoms with Crippen LogP contribution in [0.4, 0.5) is 0 Å². The van der Waals surface area contributed by atoms with Crippen LogP contribution in [0.1, 0.15) is 13.3 Å². The summed E-state index contributed by atoms with van der Waals surface area (Å²) in [4.78, 5) is 30.0. The summed E-state index contributed by atoms with van der Waals surface area (Å²) in [5, 5.41) is 11.0. The first-order chi connectivity index (χ1) is 8.11. The van der Waals surface area contributed by atoms with Gasteiger partial charge in [0.1, 0.15) is 10.1 Å². The maximum Gasteiger partial charge on any atom is 0.317 e. The fourth-order valence-corrected chi connectivity index (χ4v) is 3.00. The second-order valence-corrected chi connectivity index (χ2v) is 5.45.